The average molecular weight is 942 g/mol. The van der Waals surface area contributed by atoms with E-state index < -0.39 is 57.6 Å². The minimum absolute atomic E-state index is 0.117. The molecule has 0 fully saturated rings. The summed E-state index contributed by atoms with van der Waals surface area (Å²) < 4.78 is 26.9. The molecule has 0 saturated carbocycles. The molecule has 0 saturated heterocycles. The van der Waals surface area contributed by atoms with Crippen LogP contribution in [0.1, 0.15) is 181 Å². The largest absolute Gasteiger partial charge is 0.480 e. The number of hydrogen-bond acceptors (Lipinski definition) is 8. The summed E-state index contributed by atoms with van der Waals surface area (Å²) in [5.41, 5.74) is 0. The molecule has 11 nitrogen and oxygen atoms in total. The van der Waals surface area contributed by atoms with Crippen molar-refractivity contribution in [3.05, 3.63) is 109 Å². The molecule has 0 aliphatic rings. The van der Waals surface area contributed by atoms with Crippen LogP contribution in [0.2, 0.25) is 0 Å². The molecule has 0 spiro atoms. The third-order valence-corrected chi connectivity index (χ3v) is 11.0. The van der Waals surface area contributed by atoms with E-state index in [4.69, 9.17) is 13.8 Å². The summed E-state index contributed by atoms with van der Waals surface area (Å²) in [5.74, 6) is -2.43. The first kappa shape index (κ1) is 62.1. The maximum absolute atomic E-state index is 12.4. The number of rotatable bonds is 45. The molecule has 0 rings (SSSR count). The number of aliphatic hydroxyl groups is 1. The Kier molecular flexibility index (Phi) is 44.8. The molecule has 0 heterocycles. The summed E-state index contributed by atoms with van der Waals surface area (Å²) in [7, 11) is -4.78. The number of allylic oxidation sites excluding steroid dienone is 18. The van der Waals surface area contributed by atoms with Gasteiger partial charge in [0, 0.05) is 12.8 Å². The molecular formula is C54H88NO10P. The molecule has 0 bridgehead atoms. The van der Waals surface area contributed by atoms with Gasteiger partial charge in [0.1, 0.15) is 12.7 Å². The number of ether oxygens (including phenoxy) is 1. The molecule has 374 valence electrons. The van der Waals surface area contributed by atoms with Gasteiger partial charge in [0.2, 0.25) is 5.91 Å². The minimum Gasteiger partial charge on any atom is -0.480 e. The number of esters is 1. The zero-order chi connectivity index (χ0) is 48.4. The average Bonchev–Trinajstić information content (AvgIpc) is 3.29. The number of unbranched alkanes of at least 4 members (excludes halogenated alkanes) is 13. The van der Waals surface area contributed by atoms with Crippen LogP contribution in [0.3, 0.4) is 0 Å². The summed E-state index contributed by atoms with van der Waals surface area (Å²) in [6.07, 6.45) is 62.4. The van der Waals surface area contributed by atoms with Gasteiger partial charge >= 0.3 is 19.8 Å². The van der Waals surface area contributed by atoms with Crippen molar-refractivity contribution in [2.24, 2.45) is 0 Å². The topological polar surface area (TPSA) is 169 Å². The number of amides is 1. The Balaban J connectivity index is 3.95. The first-order valence-electron chi connectivity index (χ1n) is 24.9. The van der Waals surface area contributed by atoms with Gasteiger partial charge in [-0.25, -0.2) is 9.36 Å². The number of carboxylic acids is 1. The van der Waals surface area contributed by atoms with Gasteiger partial charge in [-0.1, -0.05) is 175 Å². The van der Waals surface area contributed by atoms with E-state index in [0.717, 1.165) is 116 Å². The van der Waals surface area contributed by atoms with Crippen LogP contribution in [0.15, 0.2) is 109 Å². The number of phosphoric acid groups is 1. The number of carbonyl (C=O) groups is 3. The molecule has 3 atom stereocenters. The van der Waals surface area contributed by atoms with Gasteiger partial charge in [0.25, 0.3) is 0 Å². The number of carboxylic acid groups (broad SMARTS) is 1. The van der Waals surface area contributed by atoms with Crippen molar-refractivity contribution >= 4 is 25.7 Å². The lowest BCUT2D eigenvalue weighted by molar-refractivity contribution is -0.147. The highest BCUT2D eigenvalue weighted by atomic mass is 31.2. The van der Waals surface area contributed by atoms with E-state index in [-0.39, 0.29) is 12.8 Å². The predicted molar refractivity (Wildman–Crippen MR) is 272 cm³/mol. The second-order valence-corrected chi connectivity index (χ2v) is 17.7. The quantitative estimate of drug-likeness (QED) is 0.0200. The molecule has 0 aromatic heterocycles. The number of phosphoric ester groups is 1. The fourth-order valence-electron chi connectivity index (χ4n) is 6.21. The van der Waals surface area contributed by atoms with Crippen LogP contribution in [0.5, 0.6) is 0 Å². The highest BCUT2D eigenvalue weighted by Crippen LogP contribution is 2.43. The van der Waals surface area contributed by atoms with E-state index in [2.05, 4.69) is 129 Å². The molecule has 66 heavy (non-hydrogen) atoms. The molecule has 1 amide bonds. The lowest BCUT2D eigenvalue weighted by atomic mass is 10.1. The second-order valence-electron chi connectivity index (χ2n) is 16.3. The summed E-state index contributed by atoms with van der Waals surface area (Å²) in [4.78, 5) is 46.1. The molecule has 0 radical (unpaired) electrons. The van der Waals surface area contributed by atoms with Crippen LogP contribution in [-0.4, -0.2) is 64.9 Å². The standard InChI is InChI=1S/C54H88NO10P/c1-3-5-7-9-11-13-15-17-19-21-23-25-27-29-31-33-35-37-39-41-43-45-52(57)55-51(54(59)60)49-65-66(61,62)64-48-50(56)47-63-53(58)46-44-42-40-38-36-34-32-30-28-26-24-22-20-18-16-14-12-10-8-6-4-2/h6,8,11-14,17-20,23-26,29-32,50-51,56H,3-5,7,9-10,15-16,21-22,27-28,33-49H2,1-2H3,(H,55,57)(H,59,60)(H,61,62)/b8-6-,13-11-,14-12-,19-17-,20-18-,25-23-,26-24-,31-29-,32-30-. The number of carbonyl (C=O) groups excluding carboxylic acids is 2. The molecule has 0 aliphatic carbocycles. The van der Waals surface area contributed by atoms with Crippen molar-refractivity contribution in [3.8, 4) is 0 Å². The lowest BCUT2D eigenvalue weighted by Crippen LogP contribution is -2.43. The first-order valence-corrected chi connectivity index (χ1v) is 26.4. The SMILES string of the molecule is CC/C=C\C/C=C\C/C=C\C/C=C\C/C=C\CCCCCCCC(=O)OCC(O)COP(=O)(O)OCC(NC(=O)CCCCCCC/C=C\C/C=C\C/C=C\C/C=C\CCCCC)C(=O)O. The predicted octanol–water partition coefficient (Wildman–Crippen LogP) is 13.8. The second kappa shape index (κ2) is 47.6. The van der Waals surface area contributed by atoms with E-state index >= 15 is 0 Å². The third kappa shape index (κ3) is 46.7. The van der Waals surface area contributed by atoms with Gasteiger partial charge in [-0.15, -0.1) is 0 Å². The van der Waals surface area contributed by atoms with Gasteiger partial charge in [0.15, 0.2) is 6.04 Å². The maximum Gasteiger partial charge on any atom is 0.472 e. The van der Waals surface area contributed by atoms with Crippen molar-refractivity contribution in [2.75, 3.05) is 19.8 Å². The van der Waals surface area contributed by atoms with Gasteiger partial charge in [-0.05, 0) is 103 Å². The monoisotopic (exact) mass is 942 g/mol. The zero-order valence-corrected chi connectivity index (χ0v) is 41.6. The Morgan fingerprint density at radius 2 is 0.879 bits per heavy atom. The third-order valence-electron chi connectivity index (χ3n) is 10.0. The Morgan fingerprint density at radius 3 is 1.32 bits per heavy atom. The number of nitrogens with one attached hydrogen (secondary N) is 1. The normalized spacial score (nSPS) is 14.5. The molecule has 0 aromatic rings. The summed E-state index contributed by atoms with van der Waals surface area (Å²) in [6.45, 7) is 2.41. The lowest BCUT2D eigenvalue weighted by Gasteiger charge is -2.18. The van der Waals surface area contributed by atoms with Crippen LogP contribution >= 0.6 is 7.82 Å². The van der Waals surface area contributed by atoms with Crippen molar-refractivity contribution in [1.82, 2.24) is 5.32 Å². The van der Waals surface area contributed by atoms with Crippen LogP contribution in [0.4, 0.5) is 0 Å². The first-order chi connectivity index (χ1) is 32.1. The van der Waals surface area contributed by atoms with Crippen molar-refractivity contribution < 1.29 is 47.8 Å². The van der Waals surface area contributed by atoms with Crippen LogP contribution in [0.25, 0.3) is 0 Å². The number of aliphatic hydroxyl groups excluding tert-OH is 1. The Labute approximate surface area is 399 Å². The highest BCUT2D eigenvalue weighted by molar-refractivity contribution is 7.47. The maximum atomic E-state index is 12.4. The van der Waals surface area contributed by atoms with Gasteiger partial charge in [-0.2, -0.15) is 0 Å². The smallest absolute Gasteiger partial charge is 0.472 e. The van der Waals surface area contributed by atoms with Crippen molar-refractivity contribution in [3.63, 3.8) is 0 Å². The van der Waals surface area contributed by atoms with E-state index in [1.807, 2.05) is 0 Å². The summed E-state index contributed by atoms with van der Waals surface area (Å²) >= 11 is 0. The molecule has 12 heteroatoms. The Hall–Kier alpha value is -3.86. The Morgan fingerprint density at radius 1 is 0.500 bits per heavy atom. The van der Waals surface area contributed by atoms with E-state index in [0.29, 0.717) is 12.8 Å². The van der Waals surface area contributed by atoms with Gasteiger partial charge in [0.05, 0.1) is 13.2 Å². The van der Waals surface area contributed by atoms with Gasteiger partial charge < -0.3 is 25.2 Å². The molecular weight excluding hydrogens is 854 g/mol. The number of aliphatic carboxylic acids is 1. The van der Waals surface area contributed by atoms with Crippen molar-refractivity contribution in [2.45, 2.75) is 193 Å². The molecule has 0 aliphatic heterocycles. The summed E-state index contributed by atoms with van der Waals surface area (Å²) in [5, 5.41) is 21.9. The van der Waals surface area contributed by atoms with Crippen molar-refractivity contribution in [1.29, 1.82) is 0 Å². The van der Waals surface area contributed by atoms with Crippen LogP contribution in [0, 0.1) is 0 Å². The Bertz CT molecular complexity index is 1530. The van der Waals surface area contributed by atoms with E-state index in [9.17, 15) is 34.1 Å². The van der Waals surface area contributed by atoms with Gasteiger partial charge in [-0.3, -0.25) is 18.6 Å². The summed E-state index contributed by atoms with van der Waals surface area (Å²) in [6, 6.07) is -1.57. The van der Waals surface area contributed by atoms with E-state index in [1.54, 1.807) is 0 Å². The van der Waals surface area contributed by atoms with E-state index in [1.165, 1.54) is 25.7 Å². The van der Waals surface area contributed by atoms with Crippen LogP contribution in [-0.2, 0) is 32.7 Å². The van der Waals surface area contributed by atoms with Crippen LogP contribution < -0.4 is 5.32 Å². The number of hydrogen-bond donors (Lipinski definition) is 4. The fourth-order valence-corrected chi connectivity index (χ4v) is 6.98. The molecule has 4 N–H and O–H groups in total. The zero-order valence-electron chi connectivity index (χ0n) is 40.7. The molecule has 3 unspecified atom stereocenters. The highest BCUT2D eigenvalue weighted by Gasteiger charge is 2.28. The molecule has 0 aromatic carbocycles. The minimum atomic E-state index is -4.78. The fraction of sp³-hybridized carbons (Fsp3) is 0.611.